The first-order chi connectivity index (χ1) is 13.8. The molecule has 9 heteroatoms. The number of nitrogens with one attached hydrogen (secondary N) is 1. The minimum Gasteiger partial charge on any atom is -0.325 e. The highest BCUT2D eigenvalue weighted by Crippen LogP contribution is 2.25. The molecule has 29 heavy (non-hydrogen) atoms. The van der Waals surface area contributed by atoms with Crippen LogP contribution in [0.2, 0.25) is 5.02 Å². The van der Waals surface area contributed by atoms with Crippen molar-refractivity contribution in [2.45, 2.75) is 19.9 Å². The molecule has 1 aromatic heterocycles. The monoisotopic (exact) mass is 427 g/mol. The normalized spacial score (nSPS) is 12.6. The molecule has 0 atom stereocenters. The van der Waals surface area contributed by atoms with Gasteiger partial charge in [-0.15, -0.1) is 0 Å². The minimum atomic E-state index is -1.59. The van der Waals surface area contributed by atoms with Crippen LogP contribution in [0.5, 0.6) is 0 Å². The van der Waals surface area contributed by atoms with Crippen molar-refractivity contribution in [1.29, 1.82) is 0 Å². The van der Waals surface area contributed by atoms with E-state index in [1.807, 2.05) is 6.92 Å². The zero-order valence-corrected chi connectivity index (χ0v) is 16.2. The molecule has 0 aliphatic heterocycles. The van der Waals surface area contributed by atoms with E-state index in [1.165, 1.54) is 10.6 Å². The standard InChI is InChI=1S/C20H18ClF4N3O/c1-3-12(7-15(23)16(24)9-22)10-28-11-17(25)19(29)27-20(28)26-18-8-14(21)6-5-13(18)4-2/h3,5-8,11H,1,4,9-10H2,2H3,(H,26,27,29)/b12-7+,16-15-. The summed E-state index contributed by atoms with van der Waals surface area (Å²) in [4.78, 5) is 15.4. The van der Waals surface area contributed by atoms with Crippen molar-refractivity contribution >= 4 is 23.2 Å². The fraction of sp³-hybridized carbons (Fsp3) is 0.200. The number of alkyl halides is 1. The molecule has 4 nitrogen and oxygen atoms in total. The number of anilines is 2. The summed E-state index contributed by atoms with van der Waals surface area (Å²) in [7, 11) is 0. The van der Waals surface area contributed by atoms with Crippen LogP contribution in [-0.4, -0.2) is 16.2 Å². The van der Waals surface area contributed by atoms with Gasteiger partial charge in [0.05, 0.1) is 6.54 Å². The molecule has 0 aliphatic carbocycles. The van der Waals surface area contributed by atoms with Crippen LogP contribution in [0.15, 0.2) is 65.1 Å². The summed E-state index contributed by atoms with van der Waals surface area (Å²) in [6, 6.07) is 5.10. The number of halogens is 5. The summed E-state index contributed by atoms with van der Waals surface area (Å²) >= 11 is 6.02. The van der Waals surface area contributed by atoms with E-state index >= 15 is 0 Å². The van der Waals surface area contributed by atoms with Gasteiger partial charge < -0.3 is 9.88 Å². The largest absolute Gasteiger partial charge is 0.325 e. The Morgan fingerprint density at radius 2 is 2.10 bits per heavy atom. The van der Waals surface area contributed by atoms with Crippen molar-refractivity contribution in [3.05, 3.63) is 87.1 Å². The summed E-state index contributed by atoms with van der Waals surface area (Å²) in [5.74, 6) is -4.16. The number of benzene rings is 1. The lowest BCUT2D eigenvalue weighted by atomic mass is 10.1. The molecule has 0 amide bonds. The lowest BCUT2D eigenvalue weighted by Crippen LogP contribution is -2.20. The maximum absolute atomic E-state index is 13.8. The third-order valence-corrected chi connectivity index (χ3v) is 4.19. The fourth-order valence-corrected chi connectivity index (χ4v) is 2.62. The molecule has 0 unspecified atom stereocenters. The number of hydrogen-bond acceptors (Lipinski definition) is 3. The van der Waals surface area contributed by atoms with E-state index in [1.54, 1.807) is 18.2 Å². The minimum absolute atomic E-state index is 0.0449. The van der Waals surface area contributed by atoms with Gasteiger partial charge in [-0.3, -0.25) is 4.79 Å². The second-order valence-corrected chi connectivity index (χ2v) is 6.37. The predicted octanol–water partition coefficient (Wildman–Crippen LogP) is 5.57. The molecular weight excluding hydrogens is 410 g/mol. The van der Waals surface area contributed by atoms with Crippen LogP contribution in [0.3, 0.4) is 0 Å². The Kier molecular flexibility index (Phi) is 7.78. The Bertz CT molecular complexity index is 1030. The van der Waals surface area contributed by atoms with Gasteiger partial charge in [-0.2, -0.15) is 9.37 Å². The number of aryl methyl sites for hydroxylation is 1. The Hall–Kier alpha value is -2.87. The Morgan fingerprint density at radius 3 is 2.72 bits per heavy atom. The van der Waals surface area contributed by atoms with Crippen LogP contribution in [0.1, 0.15) is 12.5 Å². The van der Waals surface area contributed by atoms with Crippen LogP contribution in [0.4, 0.5) is 29.2 Å². The molecule has 0 saturated carbocycles. The van der Waals surface area contributed by atoms with Crippen LogP contribution in [-0.2, 0) is 13.0 Å². The summed E-state index contributed by atoms with van der Waals surface area (Å²) in [6.07, 6.45) is 3.44. The fourth-order valence-electron chi connectivity index (χ4n) is 2.45. The van der Waals surface area contributed by atoms with Crippen LogP contribution >= 0.6 is 11.6 Å². The van der Waals surface area contributed by atoms with Crippen molar-refractivity contribution < 1.29 is 17.6 Å². The highest BCUT2D eigenvalue weighted by atomic mass is 35.5. The van der Waals surface area contributed by atoms with Gasteiger partial charge in [-0.05, 0) is 35.8 Å². The molecule has 2 aromatic rings. The average Bonchev–Trinajstić information content (AvgIpc) is 2.70. The van der Waals surface area contributed by atoms with E-state index < -0.39 is 29.7 Å². The van der Waals surface area contributed by atoms with Gasteiger partial charge in [0, 0.05) is 16.9 Å². The molecule has 0 aliphatic rings. The molecule has 0 radical (unpaired) electrons. The molecule has 1 heterocycles. The van der Waals surface area contributed by atoms with Crippen molar-refractivity contribution in [3.8, 4) is 0 Å². The third kappa shape index (κ3) is 5.80. The van der Waals surface area contributed by atoms with E-state index in [0.717, 1.165) is 17.8 Å². The topological polar surface area (TPSA) is 46.9 Å². The molecule has 2 rings (SSSR count). The number of nitrogens with zero attached hydrogens (tertiary/aromatic N) is 2. The van der Waals surface area contributed by atoms with Gasteiger partial charge in [0.2, 0.25) is 11.8 Å². The first-order valence-electron chi connectivity index (χ1n) is 8.54. The number of allylic oxidation sites excluding steroid dienone is 5. The quantitative estimate of drug-likeness (QED) is 0.442. The Labute approximate surface area is 169 Å². The molecular formula is C20H18ClF4N3O. The molecule has 0 fully saturated rings. The van der Waals surface area contributed by atoms with Crippen LogP contribution in [0.25, 0.3) is 0 Å². The summed E-state index contributed by atoms with van der Waals surface area (Å²) in [5.41, 5.74) is 0.410. The number of hydrogen-bond donors (Lipinski definition) is 1. The van der Waals surface area contributed by atoms with E-state index in [-0.39, 0.29) is 18.1 Å². The summed E-state index contributed by atoms with van der Waals surface area (Å²) in [5, 5.41) is 3.35. The third-order valence-electron chi connectivity index (χ3n) is 3.96. The maximum Gasteiger partial charge on any atom is 0.310 e. The first-order valence-corrected chi connectivity index (χ1v) is 8.92. The van der Waals surface area contributed by atoms with Crippen molar-refractivity contribution in [3.63, 3.8) is 0 Å². The van der Waals surface area contributed by atoms with Crippen molar-refractivity contribution in [2.75, 3.05) is 12.0 Å². The zero-order chi connectivity index (χ0) is 21.6. The van der Waals surface area contributed by atoms with E-state index in [2.05, 4.69) is 16.9 Å². The predicted molar refractivity (Wildman–Crippen MR) is 106 cm³/mol. The lowest BCUT2D eigenvalue weighted by Gasteiger charge is -2.16. The van der Waals surface area contributed by atoms with Crippen molar-refractivity contribution in [2.24, 2.45) is 0 Å². The highest BCUT2D eigenvalue weighted by Gasteiger charge is 2.12. The zero-order valence-electron chi connectivity index (χ0n) is 15.5. The SMILES string of the molecule is C=C/C(=C\C(F)=C(\F)CF)Cn1cc(F)c(=O)nc1Nc1cc(Cl)ccc1CC. The summed E-state index contributed by atoms with van der Waals surface area (Å²) in [6.45, 7) is 3.58. The Morgan fingerprint density at radius 1 is 1.38 bits per heavy atom. The molecule has 1 aromatic carbocycles. The highest BCUT2D eigenvalue weighted by molar-refractivity contribution is 6.30. The van der Waals surface area contributed by atoms with Crippen molar-refractivity contribution in [1.82, 2.24) is 9.55 Å². The average molecular weight is 428 g/mol. The van der Waals surface area contributed by atoms with E-state index in [4.69, 9.17) is 11.6 Å². The second-order valence-electron chi connectivity index (χ2n) is 5.94. The van der Waals surface area contributed by atoms with Gasteiger partial charge in [-0.1, -0.05) is 37.2 Å². The number of rotatable bonds is 8. The summed E-state index contributed by atoms with van der Waals surface area (Å²) < 4.78 is 54.0. The smallest absolute Gasteiger partial charge is 0.310 e. The maximum atomic E-state index is 13.8. The molecule has 0 bridgehead atoms. The van der Waals surface area contributed by atoms with Gasteiger partial charge >= 0.3 is 5.56 Å². The second kappa shape index (κ2) is 10.1. The van der Waals surface area contributed by atoms with Gasteiger partial charge in [-0.25, -0.2) is 13.2 Å². The number of aromatic nitrogens is 2. The van der Waals surface area contributed by atoms with Crippen LogP contribution in [0, 0.1) is 5.82 Å². The molecule has 154 valence electrons. The Balaban J connectivity index is 2.50. The van der Waals surface area contributed by atoms with Crippen LogP contribution < -0.4 is 10.9 Å². The molecule has 0 saturated heterocycles. The molecule has 0 spiro atoms. The van der Waals surface area contributed by atoms with E-state index in [9.17, 15) is 22.4 Å². The van der Waals surface area contributed by atoms with Gasteiger partial charge in [0.25, 0.3) is 0 Å². The van der Waals surface area contributed by atoms with Gasteiger partial charge in [0.15, 0.2) is 11.7 Å². The van der Waals surface area contributed by atoms with Gasteiger partial charge in [0.1, 0.15) is 6.67 Å². The molecule has 1 N–H and O–H groups in total. The van der Waals surface area contributed by atoms with E-state index in [0.29, 0.717) is 17.1 Å². The first kappa shape index (κ1) is 22.4. The lowest BCUT2D eigenvalue weighted by molar-refractivity contribution is 0.434.